The second-order valence-electron chi connectivity index (χ2n) is 4.05. The van der Waals surface area contributed by atoms with Crippen molar-refractivity contribution in [3.8, 4) is 0 Å². The number of carbonyl (C=O) groups is 1. The van der Waals surface area contributed by atoms with E-state index in [1.807, 2.05) is 6.92 Å². The summed E-state index contributed by atoms with van der Waals surface area (Å²) in [5.41, 5.74) is -0.424. The highest BCUT2D eigenvalue weighted by atomic mass is 16.4. The van der Waals surface area contributed by atoms with E-state index in [0.29, 0.717) is 0 Å². The largest absolute Gasteiger partial charge is 0.481 e. The molecule has 0 aromatic heterocycles. The van der Waals surface area contributed by atoms with Crippen LogP contribution in [0.3, 0.4) is 0 Å². The molecule has 0 unspecified atom stereocenters. The Hall–Kier alpha value is -0.530. The molecule has 0 bridgehead atoms. The second kappa shape index (κ2) is 2.84. The average Bonchev–Trinajstić information content (AvgIpc) is 1.95. The first-order valence-corrected chi connectivity index (χ1v) is 4.28. The molecule has 2 heteroatoms. The van der Waals surface area contributed by atoms with Crippen LogP contribution < -0.4 is 0 Å². The number of aliphatic carboxylic acids is 1. The van der Waals surface area contributed by atoms with Gasteiger partial charge in [-0.3, -0.25) is 4.79 Å². The summed E-state index contributed by atoms with van der Waals surface area (Å²) in [6.45, 7) is 4.06. The van der Waals surface area contributed by atoms with Crippen molar-refractivity contribution in [3.63, 3.8) is 0 Å². The van der Waals surface area contributed by atoms with Gasteiger partial charge in [-0.2, -0.15) is 0 Å². The quantitative estimate of drug-likeness (QED) is 0.632. The fourth-order valence-corrected chi connectivity index (χ4v) is 1.61. The Labute approximate surface area is 67.6 Å². The van der Waals surface area contributed by atoms with Crippen molar-refractivity contribution in [2.75, 3.05) is 0 Å². The maximum absolute atomic E-state index is 10.8. The maximum atomic E-state index is 10.8. The molecule has 11 heavy (non-hydrogen) atoms. The van der Waals surface area contributed by atoms with E-state index in [0.717, 1.165) is 31.6 Å². The van der Waals surface area contributed by atoms with Crippen LogP contribution in [-0.2, 0) is 4.79 Å². The molecular weight excluding hydrogens is 140 g/mol. The van der Waals surface area contributed by atoms with Crippen molar-refractivity contribution in [1.29, 1.82) is 0 Å². The van der Waals surface area contributed by atoms with Gasteiger partial charge in [0.15, 0.2) is 0 Å². The minimum Gasteiger partial charge on any atom is -0.481 e. The van der Waals surface area contributed by atoms with Crippen molar-refractivity contribution >= 4 is 5.97 Å². The SMILES string of the molecule is C[C@H]1CC[C@@](C)(C(=O)O)CC1. The molecule has 64 valence electrons. The molecule has 0 amide bonds. The first-order valence-electron chi connectivity index (χ1n) is 4.28. The molecule has 1 aliphatic rings. The topological polar surface area (TPSA) is 37.3 Å². The summed E-state index contributed by atoms with van der Waals surface area (Å²) in [4.78, 5) is 10.8. The van der Waals surface area contributed by atoms with Crippen LogP contribution in [0, 0.1) is 11.3 Å². The van der Waals surface area contributed by atoms with Crippen LogP contribution in [0.25, 0.3) is 0 Å². The van der Waals surface area contributed by atoms with E-state index in [1.165, 1.54) is 0 Å². The Kier molecular flexibility index (Phi) is 2.21. The standard InChI is InChI=1S/C9H16O2/c1-7-3-5-9(2,6-4-7)8(10)11/h7H,3-6H2,1-2H3,(H,10,11)/t7-,9+. The molecular formula is C9H16O2. The Bertz CT molecular complexity index is 155. The molecule has 1 saturated carbocycles. The summed E-state index contributed by atoms with van der Waals surface area (Å²) in [5.74, 6) is 0.104. The van der Waals surface area contributed by atoms with Crippen molar-refractivity contribution in [2.24, 2.45) is 11.3 Å². The third kappa shape index (κ3) is 1.73. The lowest BCUT2D eigenvalue weighted by Gasteiger charge is -2.32. The van der Waals surface area contributed by atoms with Gasteiger partial charge in [0, 0.05) is 0 Å². The van der Waals surface area contributed by atoms with Gasteiger partial charge in [-0.05, 0) is 38.5 Å². The minimum absolute atomic E-state index is 0.424. The fourth-order valence-electron chi connectivity index (χ4n) is 1.61. The van der Waals surface area contributed by atoms with Gasteiger partial charge in [-0.15, -0.1) is 0 Å². The zero-order chi connectivity index (χ0) is 8.48. The molecule has 1 fully saturated rings. The van der Waals surface area contributed by atoms with Gasteiger partial charge in [0.2, 0.25) is 0 Å². The van der Waals surface area contributed by atoms with Crippen LogP contribution in [0.1, 0.15) is 39.5 Å². The summed E-state index contributed by atoms with van der Waals surface area (Å²) in [6.07, 6.45) is 3.85. The van der Waals surface area contributed by atoms with Gasteiger partial charge in [-0.25, -0.2) is 0 Å². The number of hydrogen-bond donors (Lipinski definition) is 1. The van der Waals surface area contributed by atoms with Gasteiger partial charge in [0.05, 0.1) is 5.41 Å². The van der Waals surface area contributed by atoms with E-state index in [1.54, 1.807) is 0 Å². The zero-order valence-corrected chi connectivity index (χ0v) is 7.26. The third-order valence-corrected chi connectivity index (χ3v) is 2.89. The molecule has 0 atom stereocenters. The van der Waals surface area contributed by atoms with Crippen molar-refractivity contribution < 1.29 is 9.90 Å². The van der Waals surface area contributed by atoms with Crippen molar-refractivity contribution in [3.05, 3.63) is 0 Å². The van der Waals surface area contributed by atoms with Crippen LogP contribution in [0.5, 0.6) is 0 Å². The lowest BCUT2D eigenvalue weighted by atomic mass is 9.72. The normalized spacial score (nSPS) is 38.5. The van der Waals surface area contributed by atoms with Gasteiger partial charge in [-0.1, -0.05) is 6.92 Å². The van der Waals surface area contributed by atoms with Crippen LogP contribution >= 0.6 is 0 Å². The predicted molar refractivity (Wildman–Crippen MR) is 43.4 cm³/mol. The van der Waals surface area contributed by atoms with Gasteiger partial charge in [0.1, 0.15) is 0 Å². The molecule has 0 heterocycles. The van der Waals surface area contributed by atoms with Crippen LogP contribution in [-0.4, -0.2) is 11.1 Å². The van der Waals surface area contributed by atoms with E-state index in [4.69, 9.17) is 5.11 Å². The van der Waals surface area contributed by atoms with Crippen LogP contribution in [0.15, 0.2) is 0 Å². The Morgan fingerprint density at radius 1 is 1.45 bits per heavy atom. The Morgan fingerprint density at radius 3 is 2.27 bits per heavy atom. The molecule has 0 saturated heterocycles. The van der Waals surface area contributed by atoms with Crippen molar-refractivity contribution in [1.82, 2.24) is 0 Å². The van der Waals surface area contributed by atoms with Crippen molar-refractivity contribution in [2.45, 2.75) is 39.5 Å². The molecule has 0 spiro atoms. The summed E-state index contributed by atoms with van der Waals surface area (Å²) in [7, 11) is 0. The number of carboxylic acids is 1. The number of hydrogen-bond acceptors (Lipinski definition) is 1. The third-order valence-electron chi connectivity index (χ3n) is 2.89. The summed E-state index contributed by atoms with van der Waals surface area (Å²) >= 11 is 0. The molecule has 2 nitrogen and oxygen atoms in total. The fraction of sp³-hybridized carbons (Fsp3) is 0.889. The van der Waals surface area contributed by atoms with E-state index >= 15 is 0 Å². The molecule has 0 aromatic rings. The van der Waals surface area contributed by atoms with Crippen LogP contribution in [0.4, 0.5) is 0 Å². The van der Waals surface area contributed by atoms with E-state index in [-0.39, 0.29) is 0 Å². The van der Waals surface area contributed by atoms with Gasteiger partial charge >= 0.3 is 5.97 Å². The van der Waals surface area contributed by atoms with Gasteiger partial charge in [0.25, 0.3) is 0 Å². The lowest BCUT2D eigenvalue weighted by Crippen LogP contribution is -2.31. The maximum Gasteiger partial charge on any atom is 0.309 e. The average molecular weight is 156 g/mol. The van der Waals surface area contributed by atoms with Crippen LogP contribution in [0.2, 0.25) is 0 Å². The number of carboxylic acid groups (broad SMARTS) is 1. The second-order valence-corrected chi connectivity index (χ2v) is 4.05. The predicted octanol–water partition coefficient (Wildman–Crippen LogP) is 2.29. The Balaban J connectivity index is 2.55. The lowest BCUT2D eigenvalue weighted by molar-refractivity contribution is -0.150. The minimum atomic E-state index is -0.621. The number of rotatable bonds is 1. The van der Waals surface area contributed by atoms with E-state index in [2.05, 4.69) is 6.92 Å². The molecule has 1 N–H and O–H groups in total. The Morgan fingerprint density at radius 2 is 1.91 bits per heavy atom. The molecule has 1 rings (SSSR count). The zero-order valence-electron chi connectivity index (χ0n) is 7.26. The highest BCUT2D eigenvalue weighted by Gasteiger charge is 2.36. The summed E-state index contributed by atoms with van der Waals surface area (Å²) in [6, 6.07) is 0. The first-order chi connectivity index (χ1) is 5.04. The highest BCUT2D eigenvalue weighted by molar-refractivity contribution is 5.74. The smallest absolute Gasteiger partial charge is 0.309 e. The van der Waals surface area contributed by atoms with E-state index < -0.39 is 11.4 Å². The summed E-state index contributed by atoms with van der Waals surface area (Å²) < 4.78 is 0. The molecule has 1 aliphatic carbocycles. The monoisotopic (exact) mass is 156 g/mol. The molecule has 0 aromatic carbocycles. The molecule has 0 radical (unpaired) electrons. The first kappa shape index (κ1) is 8.57. The molecule has 0 aliphatic heterocycles. The highest BCUT2D eigenvalue weighted by Crippen LogP contribution is 2.38. The van der Waals surface area contributed by atoms with E-state index in [9.17, 15) is 4.79 Å². The van der Waals surface area contributed by atoms with Gasteiger partial charge < -0.3 is 5.11 Å². The summed E-state index contributed by atoms with van der Waals surface area (Å²) in [5, 5.41) is 8.88.